The van der Waals surface area contributed by atoms with Crippen molar-refractivity contribution in [3.05, 3.63) is 5.69 Å². The molecule has 0 spiro atoms. The molecule has 0 saturated carbocycles. The normalized spacial score (nSPS) is 15.6. The van der Waals surface area contributed by atoms with Gasteiger partial charge in [0.05, 0.1) is 7.11 Å². The number of hydrogen-bond acceptors (Lipinski definition) is 7. The molecule has 0 radical (unpaired) electrons. The van der Waals surface area contributed by atoms with Crippen LogP contribution in [0.25, 0.3) is 0 Å². The van der Waals surface area contributed by atoms with Gasteiger partial charge in [0.2, 0.25) is 11.5 Å². The lowest BCUT2D eigenvalue weighted by Gasteiger charge is -2.33. The molecule has 0 aliphatic carbocycles. The van der Waals surface area contributed by atoms with Gasteiger partial charge in [0.15, 0.2) is 0 Å². The summed E-state index contributed by atoms with van der Waals surface area (Å²) in [6, 6.07) is 0. The second kappa shape index (κ2) is 4.90. The Morgan fingerprint density at radius 2 is 1.83 bits per heavy atom. The molecule has 0 bridgehead atoms. The Labute approximate surface area is 102 Å². The van der Waals surface area contributed by atoms with Crippen LogP contribution < -0.4 is 5.73 Å². The molecule has 0 aromatic carbocycles. The summed E-state index contributed by atoms with van der Waals surface area (Å²) in [6.45, 7) is 1.59. The Bertz CT molecular complexity index is 452. The highest BCUT2D eigenvalue weighted by Gasteiger charge is 2.28. The highest BCUT2D eigenvalue weighted by Crippen LogP contribution is 2.11. The molecule has 1 fully saturated rings. The molecule has 18 heavy (non-hydrogen) atoms. The van der Waals surface area contributed by atoms with Crippen molar-refractivity contribution in [1.82, 2.24) is 20.1 Å². The minimum Gasteiger partial charge on any atom is -0.453 e. The van der Waals surface area contributed by atoms with E-state index < -0.39 is 6.09 Å². The monoisotopic (exact) mass is 255 g/mol. The van der Waals surface area contributed by atoms with E-state index in [-0.39, 0.29) is 17.4 Å². The minimum atomic E-state index is -0.398. The fourth-order valence-corrected chi connectivity index (χ4v) is 1.71. The van der Waals surface area contributed by atoms with Crippen molar-refractivity contribution >= 4 is 17.8 Å². The van der Waals surface area contributed by atoms with Crippen molar-refractivity contribution < 1.29 is 19.0 Å². The molecule has 1 aromatic rings. The van der Waals surface area contributed by atoms with Gasteiger partial charge in [0, 0.05) is 26.2 Å². The molecule has 2 rings (SSSR count). The molecule has 1 aliphatic heterocycles. The summed E-state index contributed by atoms with van der Waals surface area (Å²) in [7, 11) is 1.32. The zero-order valence-corrected chi connectivity index (χ0v) is 9.83. The average molecular weight is 255 g/mol. The average Bonchev–Trinajstić information content (AvgIpc) is 2.83. The molecular weight excluding hydrogens is 242 g/mol. The number of hydrogen-bond donors (Lipinski definition) is 1. The van der Waals surface area contributed by atoms with Gasteiger partial charge in [-0.05, 0) is 10.3 Å². The lowest BCUT2D eigenvalue weighted by Crippen LogP contribution is -2.50. The van der Waals surface area contributed by atoms with Gasteiger partial charge in [-0.25, -0.2) is 9.42 Å². The molecule has 9 nitrogen and oxygen atoms in total. The molecule has 9 heteroatoms. The van der Waals surface area contributed by atoms with Crippen molar-refractivity contribution in [2.45, 2.75) is 0 Å². The quantitative estimate of drug-likeness (QED) is 0.696. The van der Waals surface area contributed by atoms with Gasteiger partial charge >= 0.3 is 6.09 Å². The number of amides is 2. The van der Waals surface area contributed by atoms with Crippen LogP contribution in [0.2, 0.25) is 0 Å². The summed E-state index contributed by atoms with van der Waals surface area (Å²) in [5.41, 5.74) is 5.45. The molecule has 0 atom stereocenters. The maximum absolute atomic E-state index is 12.0. The third kappa shape index (κ3) is 2.19. The number of ether oxygens (including phenoxy) is 1. The Morgan fingerprint density at radius 3 is 2.33 bits per heavy atom. The zero-order chi connectivity index (χ0) is 13.1. The molecule has 1 aromatic heterocycles. The number of anilines is 1. The fraction of sp³-hybridized carbons (Fsp3) is 0.556. The Balaban J connectivity index is 1.96. The highest BCUT2D eigenvalue weighted by atomic mass is 16.6. The molecule has 0 unspecified atom stereocenters. The maximum Gasteiger partial charge on any atom is 0.409 e. The number of carbonyl (C=O) groups excluding carboxylic acids is 2. The summed E-state index contributed by atoms with van der Waals surface area (Å²) in [5, 5.41) is 6.80. The number of methoxy groups -OCH3 is 1. The number of piperazine rings is 1. The Kier molecular flexibility index (Phi) is 3.31. The van der Waals surface area contributed by atoms with Gasteiger partial charge in [-0.3, -0.25) is 4.79 Å². The van der Waals surface area contributed by atoms with Crippen LogP contribution in [0.1, 0.15) is 10.5 Å². The predicted molar refractivity (Wildman–Crippen MR) is 58.6 cm³/mol. The smallest absolute Gasteiger partial charge is 0.409 e. The highest BCUT2D eigenvalue weighted by molar-refractivity contribution is 5.96. The summed E-state index contributed by atoms with van der Waals surface area (Å²) < 4.78 is 8.98. The minimum absolute atomic E-state index is 0.00141. The van der Waals surface area contributed by atoms with E-state index in [1.807, 2.05) is 0 Å². The lowest BCUT2D eigenvalue weighted by atomic mass is 10.3. The van der Waals surface area contributed by atoms with Crippen LogP contribution in [0.3, 0.4) is 0 Å². The van der Waals surface area contributed by atoms with E-state index in [0.29, 0.717) is 26.2 Å². The van der Waals surface area contributed by atoms with E-state index in [9.17, 15) is 9.59 Å². The van der Waals surface area contributed by atoms with E-state index in [4.69, 9.17) is 5.73 Å². The van der Waals surface area contributed by atoms with Crippen molar-refractivity contribution in [3.8, 4) is 0 Å². The van der Waals surface area contributed by atoms with Crippen LogP contribution in [0.15, 0.2) is 4.63 Å². The fourth-order valence-electron chi connectivity index (χ4n) is 1.71. The zero-order valence-electron chi connectivity index (χ0n) is 9.83. The first-order valence-electron chi connectivity index (χ1n) is 5.33. The number of aromatic nitrogens is 2. The first-order valence-corrected chi connectivity index (χ1v) is 5.33. The molecule has 2 amide bonds. The van der Waals surface area contributed by atoms with Gasteiger partial charge in [0.25, 0.3) is 5.91 Å². The van der Waals surface area contributed by atoms with E-state index in [0.717, 1.165) is 0 Å². The third-order valence-corrected chi connectivity index (χ3v) is 2.72. The number of nitrogens with zero attached hydrogens (tertiary/aromatic N) is 4. The van der Waals surface area contributed by atoms with Crippen LogP contribution in [0.5, 0.6) is 0 Å². The largest absolute Gasteiger partial charge is 0.453 e. The van der Waals surface area contributed by atoms with Crippen LogP contribution >= 0.6 is 0 Å². The number of carbonyl (C=O) groups is 2. The Hall–Kier alpha value is -2.32. The summed E-state index contributed by atoms with van der Waals surface area (Å²) in [5.74, 6) is -0.381. The number of nitrogen functional groups attached to an aromatic ring is 1. The van der Waals surface area contributed by atoms with Crippen LogP contribution in [-0.2, 0) is 4.74 Å². The third-order valence-electron chi connectivity index (χ3n) is 2.72. The first-order chi connectivity index (χ1) is 8.63. The van der Waals surface area contributed by atoms with E-state index in [1.165, 1.54) is 16.9 Å². The summed E-state index contributed by atoms with van der Waals surface area (Å²) in [4.78, 5) is 26.3. The topological polar surface area (TPSA) is 115 Å². The van der Waals surface area contributed by atoms with Gasteiger partial charge in [0.1, 0.15) is 0 Å². The summed E-state index contributed by atoms with van der Waals surface area (Å²) >= 11 is 0. The van der Waals surface area contributed by atoms with Crippen molar-refractivity contribution in [3.63, 3.8) is 0 Å². The van der Waals surface area contributed by atoms with Crippen LogP contribution in [0, 0.1) is 0 Å². The molecule has 2 N–H and O–H groups in total. The van der Waals surface area contributed by atoms with E-state index >= 15 is 0 Å². The van der Waals surface area contributed by atoms with Gasteiger partial charge in [-0.1, -0.05) is 0 Å². The van der Waals surface area contributed by atoms with Gasteiger partial charge < -0.3 is 20.3 Å². The van der Waals surface area contributed by atoms with Crippen molar-refractivity contribution in [2.75, 3.05) is 39.0 Å². The van der Waals surface area contributed by atoms with Gasteiger partial charge in [-0.15, -0.1) is 0 Å². The number of nitrogens with two attached hydrogens (primary N) is 1. The van der Waals surface area contributed by atoms with Crippen LogP contribution in [-0.4, -0.2) is 65.4 Å². The molecule has 2 heterocycles. The van der Waals surface area contributed by atoms with Crippen molar-refractivity contribution in [1.29, 1.82) is 0 Å². The SMILES string of the molecule is COC(=O)N1CCN(C(=O)c2nonc2N)CC1. The maximum atomic E-state index is 12.0. The standard InChI is InChI=1S/C9H13N5O4/c1-17-9(16)14-4-2-13(3-5-14)8(15)6-7(10)12-18-11-6/h2-5H2,1H3,(H2,10,12). The summed E-state index contributed by atoms with van der Waals surface area (Å²) in [6.07, 6.45) is -0.398. The number of rotatable bonds is 1. The first kappa shape index (κ1) is 12.1. The second-order valence-electron chi connectivity index (χ2n) is 3.75. The van der Waals surface area contributed by atoms with Crippen molar-refractivity contribution in [2.24, 2.45) is 0 Å². The lowest BCUT2D eigenvalue weighted by molar-refractivity contribution is 0.0591. The van der Waals surface area contributed by atoms with E-state index in [2.05, 4.69) is 19.7 Å². The molecule has 1 aliphatic rings. The molecular formula is C9H13N5O4. The molecule has 98 valence electrons. The van der Waals surface area contributed by atoms with E-state index in [1.54, 1.807) is 0 Å². The van der Waals surface area contributed by atoms with Crippen LogP contribution in [0.4, 0.5) is 10.6 Å². The Morgan fingerprint density at radius 1 is 1.22 bits per heavy atom. The molecule has 1 saturated heterocycles. The van der Waals surface area contributed by atoms with Gasteiger partial charge in [-0.2, -0.15) is 0 Å². The second-order valence-corrected chi connectivity index (χ2v) is 3.75. The predicted octanol–water partition coefficient (Wildman–Crippen LogP) is -0.824.